The minimum atomic E-state index is -4.08. The Hall–Kier alpha value is -2.21. The molecule has 1 amide bonds. The Morgan fingerprint density at radius 2 is 2.20 bits per heavy atom. The molecule has 1 aromatic rings. The van der Waals surface area contributed by atoms with Crippen molar-refractivity contribution in [3.63, 3.8) is 0 Å². The molecule has 112 valence electrons. The van der Waals surface area contributed by atoms with E-state index in [1.807, 2.05) is 4.72 Å². The first-order valence-corrected chi connectivity index (χ1v) is 6.85. The molecule has 0 aliphatic heterocycles. The number of rotatable bonds is 7. The van der Waals surface area contributed by atoms with E-state index in [0.717, 1.165) is 4.68 Å². The van der Waals surface area contributed by atoms with E-state index in [4.69, 9.17) is 5.11 Å². The molecule has 0 bridgehead atoms. The van der Waals surface area contributed by atoms with Gasteiger partial charge in [-0.2, -0.15) is 13.1 Å². The highest BCUT2D eigenvalue weighted by Crippen LogP contribution is 1.94. The third-order valence-corrected chi connectivity index (χ3v) is 2.78. The lowest BCUT2D eigenvalue weighted by Crippen LogP contribution is -2.40. The van der Waals surface area contributed by atoms with Gasteiger partial charge in [-0.3, -0.25) is 4.79 Å². The highest BCUT2D eigenvalue weighted by molar-refractivity contribution is 7.88. The lowest BCUT2D eigenvalue weighted by molar-refractivity contribution is -0.137. The fraction of sp³-hybridized carbons (Fsp3) is 0.500. The number of carboxylic acids is 1. The fourth-order valence-electron chi connectivity index (χ4n) is 1.11. The lowest BCUT2D eigenvalue weighted by atomic mass is 10.5. The zero-order valence-electron chi connectivity index (χ0n) is 10.4. The highest BCUT2D eigenvalue weighted by atomic mass is 32.2. The van der Waals surface area contributed by atoms with Gasteiger partial charge in [0.2, 0.25) is 0 Å². The van der Waals surface area contributed by atoms with Crippen molar-refractivity contribution >= 4 is 22.3 Å². The normalized spacial score (nSPS) is 11.1. The Morgan fingerprint density at radius 1 is 1.50 bits per heavy atom. The monoisotopic (exact) mass is 307 g/mol. The molecule has 1 rings (SSSR count). The number of nitrogens with zero attached hydrogens (tertiary/aromatic N) is 3. The third kappa shape index (κ3) is 5.62. The van der Waals surface area contributed by atoms with Crippen molar-refractivity contribution in [2.24, 2.45) is 0 Å². The van der Waals surface area contributed by atoms with Gasteiger partial charge in [-0.15, -0.1) is 5.10 Å². The van der Waals surface area contributed by atoms with E-state index in [1.165, 1.54) is 13.1 Å². The van der Waals surface area contributed by atoms with Crippen LogP contribution in [0.15, 0.2) is 6.20 Å². The molecule has 1 aromatic heterocycles. The summed E-state index contributed by atoms with van der Waals surface area (Å²) in [7, 11) is -4.08. The minimum Gasteiger partial charge on any atom is -0.480 e. The molecular formula is C8H13N5O6S. The van der Waals surface area contributed by atoms with E-state index in [9.17, 15) is 18.0 Å². The number of hydrogen-bond donors (Lipinski definition) is 3. The van der Waals surface area contributed by atoms with Gasteiger partial charge >= 0.3 is 22.3 Å². The predicted molar refractivity (Wildman–Crippen MR) is 63.6 cm³/mol. The van der Waals surface area contributed by atoms with Crippen LogP contribution >= 0.6 is 0 Å². The van der Waals surface area contributed by atoms with Gasteiger partial charge in [0, 0.05) is 0 Å². The van der Waals surface area contributed by atoms with E-state index in [-0.39, 0.29) is 25.4 Å². The van der Waals surface area contributed by atoms with Crippen molar-refractivity contribution in [2.75, 3.05) is 6.61 Å². The quantitative estimate of drug-likeness (QED) is 0.547. The highest BCUT2D eigenvalue weighted by Gasteiger charge is 2.15. The van der Waals surface area contributed by atoms with Gasteiger partial charge in [0.05, 0.1) is 25.0 Å². The molecule has 12 heteroatoms. The average Bonchev–Trinajstić information content (AvgIpc) is 2.73. The predicted octanol–water partition coefficient (Wildman–Crippen LogP) is -1.56. The van der Waals surface area contributed by atoms with Gasteiger partial charge in [-0.05, 0) is 6.92 Å². The smallest absolute Gasteiger partial charge is 0.421 e. The number of ether oxygens (including phenoxy) is 1. The molecule has 0 radical (unpaired) electrons. The number of hydrogen-bond acceptors (Lipinski definition) is 7. The molecule has 0 aliphatic rings. The number of carboxylic acid groups (broad SMARTS) is 1. The van der Waals surface area contributed by atoms with Gasteiger partial charge in [-0.25, -0.2) is 14.2 Å². The molecule has 20 heavy (non-hydrogen) atoms. The Bertz CT molecular complexity index is 582. The summed E-state index contributed by atoms with van der Waals surface area (Å²) >= 11 is 0. The maximum atomic E-state index is 11.4. The number of carbonyl (C=O) groups excluding carboxylic acids is 1. The summed E-state index contributed by atoms with van der Waals surface area (Å²) in [4.78, 5) is 21.4. The van der Waals surface area contributed by atoms with E-state index >= 15 is 0 Å². The van der Waals surface area contributed by atoms with Gasteiger partial charge in [-0.1, -0.05) is 5.21 Å². The first-order valence-electron chi connectivity index (χ1n) is 5.37. The summed E-state index contributed by atoms with van der Waals surface area (Å²) in [5.74, 6) is -1.11. The zero-order valence-corrected chi connectivity index (χ0v) is 11.3. The van der Waals surface area contributed by atoms with Gasteiger partial charge in [0.25, 0.3) is 0 Å². The van der Waals surface area contributed by atoms with Crippen molar-refractivity contribution in [1.82, 2.24) is 24.4 Å². The standard InChI is InChI=1S/C8H13N5O6S/c1-2-19-8(16)11-20(17,18)9-3-6-4-13(12-10-6)5-7(14)15/h4,9H,2-3,5H2,1H3,(H,11,16)(H,14,15). The number of carbonyl (C=O) groups is 2. The molecule has 0 spiro atoms. The minimum absolute atomic E-state index is 0.0326. The Labute approximate surface area is 114 Å². The Balaban J connectivity index is 2.51. The van der Waals surface area contributed by atoms with Crippen molar-refractivity contribution < 1.29 is 27.9 Å². The Kier molecular flexibility index (Phi) is 5.40. The second-order valence-corrected chi connectivity index (χ2v) is 4.95. The number of aromatic nitrogens is 3. The van der Waals surface area contributed by atoms with Crippen LogP contribution in [0.2, 0.25) is 0 Å². The fourth-order valence-corrected chi connectivity index (χ4v) is 1.80. The second kappa shape index (κ2) is 6.81. The molecule has 0 aliphatic carbocycles. The van der Waals surface area contributed by atoms with Crippen LogP contribution in [0.5, 0.6) is 0 Å². The molecule has 1 heterocycles. The first-order chi connectivity index (χ1) is 9.32. The molecule has 0 fully saturated rings. The second-order valence-electron chi connectivity index (χ2n) is 3.45. The summed E-state index contributed by atoms with van der Waals surface area (Å²) in [6.07, 6.45) is 0.163. The zero-order chi connectivity index (χ0) is 15.2. The van der Waals surface area contributed by atoms with Crippen LogP contribution in [-0.4, -0.2) is 47.2 Å². The lowest BCUT2D eigenvalue weighted by Gasteiger charge is -2.06. The van der Waals surface area contributed by atoms with Crippen LogP contribution in [-0.2, 0) is 32.8 Å². The van der Waals surface area contributed by atoms with E-state index < -0.39 is 22.3 Å². The third-order valence-electron chi connectivity index (χ3n) is 1.82. The van der Waals surface area contributed by atoms with Crippen molar-refractivity contribution in [2.45, 2.75) is 20.0 Å². The number of nitrogens with one attached hydrogen (secondary N) is 2. The maximum Gasteiger partial charge on any atom is 0.421 e. The van der Waals surface area contributed by atoms with Crippen molar-refractivity contribution in [1.29, 1.82) is 0 Å². The summed E-state index contributed by atoms with van der Waals surface area (Å²) in [6.45, 7) is 0.917. The molecule has 11 nitrogen and oxygen atoms in total. The van der Waals surface area contributed by atoms with Gasteiger partial charge in [0.1, 0.15) is 6.54 Å². The van der Waals surface area contributed by atoms with Crippen molar-refractivity contribution in [3.8, 4) is 0 Å². The van der Waals surface area contributed by atoms with E-state index in [2.05, 4.69) is 15.0 Å². The molecule has 0 atom stereocenters. The average molecular weight is 307 g/mol. The van der Waals surface area contributed by atoms with Gasteiger partial charge in [0.15, 0.2) is 0 Å². The van der Waals surface area contributed by atoms with Crippen molar-refractivity contribution in [3.05, 3.63) is 11.9 Å². The summed E-state index contributed by atoms with van der Waals surface area (Å²) in [5.41, 5.74) is 0.195. The van der Waals surface area contributed by atoms with Gasteiger partial charge < -0.3 is 9.84 Å². The van der Waals surface area contributed by atoms with Crippen LogP contribution in [0.1, 0.15) is 12.6 Å². The summed E-state index contributed by atoms with van der Waals surface area (Å²) in [5, 5.41) is 15.6. The van der Waals surface area contributed by atoms with E-state index in [0.29, 0.717) is 0 Å². The van der Waals surface area contributed by atoms with Crippen LogP contribution in [0, 0.1) is 0 Å². The number of aliphatic carboxylic acids is 1. The molecule has 0 aromatic carbocycles. The molecule has 0 unspecified atom stereocenters. The summed E-state index contributed by atoms with van der Waals surface area (Å²) < 4.78 is 31.9. The SMILES string of the molecule is CCOC(=O)NS(=O)(=O)NCc1cn(CC(=O)O)nn1. The topological polar surface area (TPSA) is 153 Å². The molecule has 0 saturated carbocycles. The summed E-state index contributed by atoms with van der Waals surface area (Å²) in [6, 6.07) is 0. The first kappa shape index (κ1) is 15.8. The van der Waals surface area contributed by atoms with Crippen LogP contribution in [0.25, 0.3) is 0 Å². The largest absolute Gasteiger partial charge is 0.480 e. The van der Waals surface area contributed by atoms with E-state index in [1.54, 1.807) is 4.72 Å². The van der Waals surface area contributed by atoms with Crippen LogP contribution in [0.3, 0.4) is 0 Å². The molecule has 3 N–H and O–H groups in total. The maximum absolute atomic E-state index is 11.4. The molecule has 0 saturated heterocycles. The Morgan fingerprint density at radius 3 is 2.80 bits per heavy atom. The van der Waals surface area contributed by atoms with Crippen LogP contribution < -0.4 is 9.44 Å². The van der Waals surface area contributed by atoms with Crippen LogP contribution in [0.4, 0.5) is 4.79 Å². The number of amides is 1. The molecular weight excluding hydrogens is 294 g/mol.